The summed E-state index contributed by atoms with van der Waals surface area (Å²) in [7, 11) is 0. The van der Waals surface area contributed by atoms with Crippen molar-refractivity contribution < 1.29 is 23.4 Å². The third kappa shape index (κ3) is 5.88. The molecule has 12 heteroatoms. The van der Waals surface area contributed by atoms with Gasteiger partial charge in [0.2, 0.25) is 6.41 Å². The SMILES string of the molecule is CC(C)(C)OC(O)N1CCC(c2nc(COc3c(F)cc(-n4cnnn4)cc3F)cs2)CC1. The van der Waals surface area contributed by atoms with Gasteiger partial charge in [0.1, 0.15) is 12.9 Å². The zero-order valence-electron chi connectivity index (χ0n) is 18.6. The van der Waals surface area contributed by atoms with Crippen molar-refractivity contribution in [1.82, 2.24) is 30.1 Å². The van der Waals surface area contributed by atoms with E-state index < -0.39 is 29.4 Å². The number of halogens is 2. The van der Waals surface area contributed by atoms with E-state index in [0.29, 0.717) is 18.8 Å². The Labute approximate surface area is 194 Å². The molecule has 1 N–H and O–H groups in total. The van der Waals surface area contributed by atoms with Gasteiger partial charge < -0.3 is 14.6 Å². The lowest BCUT2D eigenvalue weighted by atomic mass is 9.98. The van der Waals surface area contributed by atoms with Crippen LogP contribution in [0.2, 0.25) is 0 Å². The summed E-state index contributed by atoms with van der Waals surface area (Å²) < 4.78 is 41.0. The van der Waals surface area contributed by atoms with Crippen molar-refractivity contribution in [3.05, 3.63) is 46.2 Å². The molecule has 1 aliphatic heterocycles. The zero-order chi connectivity index (χ0) is 23.6. The molecule has 1 atom stereocenters. The number of rotatable bonds is 7. The first-order valence-corrected chi connectivity index (χ1v) is 11.5. The molecule has 1 unspecified atom stereocenters. The van der Waals surface area contributed by atoms with Gasteiger partial charge in [-0.1, -0.05) is 0 Å². The van der Waals surface area contributed by atoms with Crippen LogP contribution in [-0.4, -0.2) is 60.3 Å². The Morgan fingerprint density at radius 2 is 1.91 bits per heavy atom. The van der Waals surface area contributed by atoms with Crippen LogP contribution >= 0.6 is 11.3 Å². The minimum atomic E-state index is -0.928. The summed E-state index contributed by atoms with van der Waals surface area (Å²) in [4.78, 5) is 6.51. The zero-order valence-corrected chi connectivity index (χ0v) is 19.4. The molecular weight excluding hydrogens is 454 g/mol. The van der Waals surface area contributed by atoms with Crippen LogP contribution in [0.3, 0.4) is 0 Å². The molecule has 1 fully saturated rings. The number of aromatic nitrogens is 5. The molecule has 3 heterocycles. The molecule has 9 nitrogen and oxygen atoms in total. The van der Waals surface area contributed by atoms with Crippen LogP contribution in [0.4, 0.5) is 8.78 Å². The molecule has 0 bridgehead atoms. The Morgan fingerprint density at radius 3 is 2.52 bits per heavy atom. The van der Waals surface area contributed by atoms with Crippen molar-refractivity contribution >= 4 is 11.3 Å². The van der Waals surface area contributed by atoms with Crippen LogP contribution in [0.5, 0.6) is 5.75 Å². The second-order valence-electron chi connectivity index (χ2n) is 8.83. The summed E-state index contributed by atoms with van der Waals surface area (Å²) in [5, 5.41) is 23.6. The molecule has 3 aromatic rings. The third-order valence-electron chi connectivity index (χ3n) is 5.18. The number of likely N-dealkylation sites (tertiary alicyclic amines) is 1. The van der Waals surface area contributed by atoms with E-state index in [2.05, 4.69) is 20.5 Å². The summed E-state index contributed by atoms with van der Waals surface area (Å²) in [6.07, 6.45) is 1.98. The van der Waals surface area contributed by atoms with Crippen LogP contribution in [0.1, 0.15) is 50.2 Å². The van der Waals surface area contributed by atoms with Gasteiger partial charge in [-0.15, -0.1) is 16.4 Å². The van der Waals surface area contributed by atoms with E-state index in [-0.39, 0.29) is 18.2 Å². The first-order chi connectivity index (χ1) is 15.7. The van der Waals surface area contributed by atoms with Gasteiger partial charge in [0.15, 0.2) is 17.4 Å². The average molecular weight is 481 g/mol. The smallest absolute Gasteiger partial charge is 0.216 e. The van der Waals surface area contributed by atoms with Crippen molar-refractivity contribution in [2.24, 2.45) is 0 Å². The highest BCUT2D eigenvalue weighted by molar-refractivity contribution is 7.09. The number of thiazole rings is 1. The van der Waals surface area contributed by atoms with Crippen LogP contribution in [0, 0.1) is 11.6 Å². The van der Waals surface area contributed by atoms with Gasteiger partial charge >= 0.3 is 0 Å². The quantitative estimate of drug-likeness (QED) is 0.515. The summed E-state index contributed by atoms with van der Waals surface area (Å²) in [6, 6.07) is 2.21. The highest BCUT2D eigenvalue weighted by Crippen LogP contribution is 2.32. The number of benzene rings is 1. The molecule has 33 heavy (non-hydrogen) atoms. The molecular formula is C21H26F2N6O3S. The molecule has 178 valence electrons. The Kier molecular flexibility index (Phi) is 6.98. The maximum Gasteiger partial charge on any atom is 0.216 e. The minimum absolute atomic E-state index is 0.0501. The number of nitrogens with zero attached hydrogens (tertiary/aromatic N) is 6. The minimum Gasteiger partial charge on any atom is -0.481 e. The van der Waals surface area contributed by atoms with Crippen LogP contribution in [0.15, 0.2) is 23.8 Å². The lowest BCUT2D eigenvalue weighted by Crippen LogP contribution is -2.45. The molecule has 0 aliphatic carbocycles. The highest BCUT2D eigenvalue weighted by atomic mass is 32.1. The highest BCUT2D eigenvalue weighted by Gasteiger charge is 2.29. The second-order valence-corrected chi connectivity index (χ2v) is 9.72. The molecule has 0 spiro atoms. The van der Waals surface area contributed by atoms with Gasteiger partial charge in [-0.05, 0) is 44.0 Å². The number of tetrazole rings is 1. The van der Waals surface area contributed by atoms with Gasteiger partial charge in [0.25, 0.3) is 0 Å². The second kappa shape index (κ2) is 9.75. The summed E-state index contributed by atoms with van der Waals surface area (Å²) in [6.45, 7) is 7.05. The number of hydrogen-bond acceptors (Lipinski definition) is 9. The molecule has 0 radical (unpaired) electrons. The predicted molar refractivity (Wildman–Crippen MR) is 116 cm³/mol. The summed E-state index contributed by atoms with van der Waals surface area (Å²) >= 11 is 1.50. The molecule has 0 saturated carbocycles. The van der Waals surface area contributed by atoms with E-state index in [1.54, 1.807) is 0 Å². The lowest BCUT2D eigenvalue weighted by molar-refractivity contribution is -0.242. The normalized spacial score (nSPS) is 16.8. The Bertz CT molecular complexity index is 1040. The molecule has 4 rings (SSSR count). The van der Waals surface area contributed by atoms with Gasteiger partial charge in [0.05, 0.1) is 22.0 Å². The van der Waals surface area contributed by atoms with Crippen molar-refractivity contribution in [3.63, 3.8) is 0 Å². The molecule has 1 aromatic carbocycles. The van der Waals surface area contributed by atoms with Crippen LogP contribution in [0.25, 0.3) is 5.69 Å². The van der Waals surface area contributed by atoms with Gasteiger partial charge in [0, 0.05) is 36.5 Å². The fourth-order valence-corrected chi connectivity index (χ4v) is 4.55. The van der Waals surface area contributed by atoms with Gasteiger partial charge in [-0.3, -0.25) is 4.90 Å². The molecule has 1 aliphatic rings. The Morgan fingerprint density at radius 1 is 1.21 bits per heavy atom. The first-order valence-electron chi connectivity index (χ1n) is 10.6. The topological polar surface area (TPSA) is 98.4 Å². The average Bonchev–Trinajstić information content (AvgIpc) is 3.44. The van der Waals surface area contributed by atoms with E-state index in [9.17, 15) is 13.9 Å². The van der Waals surface area contributed by atoms with E-state index in [1.165, 1.54) is 17.7 Å². The van der Waals surface area contributed by atoms with Crippen molar-refractivity contribution in [1.29, 1.82) is 0 Å². The van der Waals surface area contributed by atoms with Crippen molar-refractivity contribution in [2.75, 3.05) is 13.1 Å². The van der Waals surface area contributed by atoms with E-state index in [4.69, 9.17) is 9.47 Å². The van der Waals surface area contributed by atoms with Crippen molar-refractivity contribution in [2.45, 2.75) is 58.2 Å². The fraction of sp³-hybridized carbons (Fsp3) is 0.524. The number of aliphatic hydroxyl groups excluding tert-OH is 1. The maximum absolute atomic E-state index is 14.4. The number of ether oxygens (including phenoxy) is 2. The summed E-state index contributed by atoms with van der Waals surface area (Å²) in [5.74, 6) is -1.91. The lowest BCUT2D eigenvalue weighted by Gasteiger charge is -2.36. The summed E-state index contributed by atoms with van der Waals surface area (Å²) in [5.41, 5.74) is 0.340. The van der Waals surface area contributed by atoms with Crippen LogP contribution in [-0.2, 0) is 11.3 Å². The standard InChI is InChI=1S/C21H26F2N6O3S/c1-21(2,3)32-20(30)28-6-4-13(5-7-28)19-25-14(11-33-19)10-31-18-16(22)8-15(9-17(18)23)29-12-24-26-27-29/h8-9,11-13,20,30H,4-7,10H2,1-3H3. The first kappa shape index (κ1) is 23.6. The largest absolute Gasteiger partial charge is 0.481 e. The molecule has 2 aromatic heterocycles. The Hall–Kier alpha value is -2.54. The maximum atomic E-state index is 14.4. The fourth-order valence-electron chi connectivity index (χ4n) is 3.58. The van der Waals surface area contributed by atoms with E-state index >= 15 is 0 Å². The van der Waals surface area contributed by atoms with E-state index in [0.717, 1.165) is 34.7 Å². The molecule has 0 amide bonds. The van der Waals surface area contributed by atoms with Crippen molar-refractivity contribution in [3.8, 4) is 11.4 Å². The van der Waals surface area contributed by atoms with Crippen LogP contribution < -0.4 is 4.74 Å². The van der Waals surface area contributed by atoms with Gasteiger partial charge in [-0.2, -0.15) is 0 Å². The monoisotopic (exact) mass is 480 g/mol. The third-order valence-corrected chi connectivity index (χ3v) is 6.24. The predicted octanol–water partition coefficient (Wildman–Crippen LogP) is 3.25. The van der Waals surface area contributed by atoms with Gasteiger partial charge in [-0.25, -0.2) is 18.4 Å². The molecule has 1 saturated heterocycles. The Balaban J connectivity index is 1.33. The number of aliphatic hydroxyl groups is 1. The number of hydrogen-bond donors (Lipinski definition) is 1. The van der Waals surface area contributed by atoms with E-state index in [1.807, 2.05) is 31.1 Å². The number of piperidine rings is 1.